The second-order valence-corrected chi connectivity index (χ2v) is 15.1. The van der Waals surface area contributed by atoms with Crippen molar-refractivity contribution in [2.75, 3.05) is 26.2 Å². The summed E-state index contributed by atoms with van der Waals surface area (Å²) in [5, 5.41) is 9.60. The number of alkyl carbamates (subject to hydrolysis) is 2. The first-order valence-electron chi connectivity index (χ1n) is 14.9. The number of carbonyl (C=O) groups excluding carboxylic acids is 2. The lowest BCUT2D eigenvalue weighted by Gasteiger charge is -2.33. The summed E-state index contributed by atoms with van der Waals surface area (Å²) in [6.07, 6.45) is 4.16. The van der Waals surface area contributed by atoms with Gasteiger partial charge in [-0.1, -0.05) is 30.3 Å². The minimum absolute atomic E-state index is 0.144. The van der Waals surface area contributed by atoms with Crippen molar-refractivity contribution in [1.29, 1.82) is 0 Å². The van der Waals surface area contributed by atoms with Crippen LogP contribution in [0.15, 0.2) is 30.3 Å². The van der Waals surface area contributed by atoms with E-state index in [1.54, 1.807) is 0 Å². The van der Waals surface area contributed by atoms with Gasteiger partial charge in [-0.25, -0.2) is 9.59 Å². The smallest absolute Gasteiger partial charge is 0.408 e. The molecule has 0 unspecified atom stereocenters. The van der Waals surface area contributed by atoms with Crippen molar-refractivity contribution < 1.29 is 19.1 Å². The van der Waals surface area contributed by atoms with Crippen molar-refractivity contribution in [1.82, 2.24) is 20.9 Å². The molecule has 2 heterocycles. The Morgan fingerprint density at radius 3 is 1.77 bits per heavy atom. The second-order valence-electron chi connectivity index (χ2n) is 15.1. The zero-order chi connectivity index (χ0) is 29.6. The minimum Gasteiger partial charge on any atom is -0.444 e. The van der Waals surface area contributed by atoms with Crippen LogP contribution in [0, 0.1) is 10.8 Å². The van der Waals surface area contributed by atoms with Crippen LogP contribution >= 0.6 is 0 Å². The average molecular weight is 557 g/mol. The fraction of sp³-hybridized carbons (Fsp3) is 0.750. The molecule has 4 aliphatic rings. The van der Waals surface area contributed by atoms with Gasteiger partial charge in [-0.3, -0.25) is 4.90 Å². The van der Waals surface area contributed by atoms with Crippen LogP contribution in [-0.4, -0.2) is 65.5 Å². The number of amides is 2. The van der Waals surface area contributed by atoms with E-state index in [4.69, 9.17) is 9.47 Å². The quantitative estimate of drug-likeness (QED) is 0.436. The number of nitrogens with zero attached hydrogens (tertiary/aromatic N) is 1. The Hall–Kier alpha value is -2.32. The molecular weight excluding hydrogens is 504 g/mol. The van der Waals surface area contributed by atoms with Gasteiger partial charge < -0.3 is 25.4 Å². The summed E-state index contributed by atoms with van der Waals surface area (Å²) in [6, 6.07) is 10.9. The van der Waals surface area contributed by atoms with Crippen LogP contribution < -0.4 is 16.0 Å². The van der Waals surface area contributed by atoms with Crippen molar-refractivity contribution in [3.8, 4) is 0 Å². The van der Waals surface area contributed by atoms with Gasteiger partial charge >= 0.3 is 12.2 Å². The average Bonchev–Trinajstić information content (AvgIpc) is 3.70. The highest BCUT2D eigenvalue weighted by Gasteiger charge is 2.63. The van der Waals surface area contributed by atoms with Crippen molar-refractivity contribution in [3.05, 3.63) is 35.9 Å². The molecule has 2 aliphatic heterocycles. The molecular formula is C32H52N4O4. The Labute approximate surface area is 241 Å². The Morgan fingerprint density at radius 2 is 1.30 bits per heavy atom. The van der Waals surface area contributed by atoms with Crippen molar-refractivity contribution in [3.63, 3.8) is 0 Å². The molecule has 2 saturated carbocycles. The van der Waals surface area contributed by atoms with E-state index in [0.717, 1.165) is 26.2 Å². The predicted molar refractivity (Wildman–Crippen MR) is 158 cm³/mol. The molecule has 2 spiro atoms. The lowest BCUT2D eigenvalue weighted by atomic mass is 9.86. The molecule has 3 atom stereocenters. The lowest BCUT2D eigenvalue weighted by molar-refractivity contribution is 0.0425. The first kappa shape index (κ1) is 30.6. The third-order valence-electron chi connectivity index (χ3n) is 9.40. The van der Waals surface area contributed by atoms with E-state index in [1.165, 1.54) is 31.2 Å². The summed E-state index contributed by atoms with van der Waals surface area (Å²) < 4.78 is 10.8. The van der Waals surface area contributed by atoms with E-state index in [-0.39, 0.29) is 34.1 Å². The molecule has 4 fully saturated rings. The number of nitrogens with one attached hydrogen (secondary N) is 3. The number of hydrogen-bond donors (Lipinski definition) is 3. The largest absolute Gasteiger partial charge is 0.444 e. The fourth-order valence-electron chi connectivity index (χ4n) is 6.49. The van der Waals surface area contributed by atoms with Gasteiger partial charge in [-0.2, -0.15) is 0 Å². The molecule has 8 nitrogen and oxygen atoms in total. The fourth-order valence-corrected chi connectivity index (χ4v) is 6.49. The maximum absolute atomic E-state index is 12.3. The highest BCUT2D eigenvalue weighted by Crippen LogP contribution is 2.59. The summed E-state index contributed by atoms with van der Waals surface area (Å²) in [7, 11) is 0. The molecule has 2 saturated heterocycles. The summed E-state index contributed by atoms with van der Waals surface area (Å²) in [4.78, 5) is 26.6. The van der Waals surface area contributed by atoms with Gasteiger partial charge in [0, 0.05) is 43.1 Å². The molecule has 0 aromatic heterocycles. The first-order chi connectivity index (χ1) is 18.4. The van der Waals surface area contributed by atoms with Gasteiger partial charge in [0.25, 0.3) is 0 Å². The van der Waals surface area contributed by atoms with E-state index < -0.39 is 11.2 Å². The van der Waals surface area contributed by atoms with Crippen LogP contribution in [0.3, 0.4) is 0 Å². The standard InChI is InChI=1S/C20H30N2O2.C12H22N2O2/c1-15(16-9-7-6-8-10-16)22-13-19(5,20(14-22)11-12-20)21-17(23)24-18(2,3)4;1-10(2,3)16-9(15)14-11(4)7-13-8-12(11)5-6-12/h6-10,15H,11-14H2,1-5H3,(H,21,23);13H,5-8H2,1-4H3,(H,14,15)/t15-,19-;11-/m11/s1. The van der Waals surface area contributed by atoms with Gasteiger partial charge in [0.05, 0.1) is 11.1 Å². The SMILES string of the molecule is CC(C)(C)OC(=O)N[C@]1(C)CNCC12CC2.C[C@H](c1ccccc1)N1CC2(CC2)[C@](C)(NC(=O)OC(C)(C)C)C1. The first-order valence-corrected chi connectivity index (χ1v) is 14.9. The predicted octanol–water partition coefficient (Wildman–Crippen LogP) is 5.78. The maximum Gasteiger partial charge on any atom is 0.408 e. The second kappa shape index (κ2) is 10.5. The van der Waals surface area contributed by atoms with Crippen LogP contribution in [0.25, 0.3) is 0 Å². The number of rotatable bonds is 4. The molecule has 1 aromatic rings. The van der Waals surface area contributed by atoms with E-state index in [9.17, 15) is 9.59 Å². The van der Waals surface area contributed by atoms with Crippen LogP contribution in [0.5, 0.6) is 0 Å². The van der Waals surface area contributed by atoms with Crippen LogP contribution in [0.4, 0.5) is 9.59 Å². The highest BCUT2D eigenvalue weighted by atomic mass is 16.6. The van der Waals surface area contributed by atoms with Gasteiger partial charge in [-0.05, 0) is 93.6 Å². The zero-order valence-electron chi connectivity index (χ0n) is 26.2. The molecule has 2 aliphatic carbocycles. The van der Waals surface area contributed by atoms with Crippen molar-refractivity contribution in [2.45, 2.75) is 116 Å². The number of ether oxygens (including phenoxy) is 2. The summed E-state index contributed by atoms with van der Waals surface area (Å²) >= 11 is 0. The Kier molecular flexibility index (Phi) is 8.04. The number of hydrogen-bond acceptors (Lipinski definition) is 6. The highest BCUT2D eigenvalue weighted by molar-refractivity contribution is 5.70. The molecule has 40 heavy (non-hydrogen) atoms. The molecule has 8 heteroatoms. The molecule has 3 N–H and O–H groups in total. The topological polar surface area (TPSA) is 91.9 Å². The van der Waals surface area contributed by atoms with Gasteiger partial charge in [-0.15, -0.1) is 0 Å². The number of benzene rings is 1. The maximum atomic E-state index is 12.3. The van der Waals surface area contributed by atoms with E-state index in [2.05, 4.69) is 72.0 Å². The number of carbonyl (C=O) groups is 2. The Bertz CT molecular complexity index is 1070. The van der Waals surface area contributed by atoms with Crippen LogP contribution in [0.2, 0.25) is 0 Å². The third kappa shape index (κ3) is 6.76. The van der Waals surface area contributed by atoms with Crippen molar-refractivity contribution in [2.24, 2.45) is 10.8 Å². The number of likely N-dealkylation sites (tertiary alicyclic amines) is 1. The van der Waals surface area contributed by atoms with Gasteiger partial charge in [0.2, 0.25) is 0 Å². The van der Waals surface area contributed by atoms with Crippen LogP contribution in [-0.2, 0) is 9.47 Å². The molecule has 0 radical (unpaired) electrons. The van der Waals surface area contributed by atoms with E-state index >= 15 is 0 Å². The Morgan fingerprint density at radius 1 is 0.800 bits per heavy atom. The van der Waals surface area contributed by atoms with E-state index in [0.29, 0.717) is 6.04 Å². The zero-order valence-corrected chi connectivity index (χ0v) is 26.2. The molecule has 0 bridgehead atoms. The van der Waals surface area contributed by atoms with Gasteiger partial charge in [0.15, 0.2) is 0 Å². The molecule has 2 amide bonds. The lowest BCUT2D eigenvalue weighted by Crippen LogP contribution is -2.54. The van der Waals surface area contributed by atoms with Crippen molar-refractivity contribution >= 4 is 12.2 Å². The minimum atomic E-state index is -0.465. The molecule has 224 valence electrons. The van der Waals surface area contributed by atoms with E-state index in [1.807, 2.05) is 41.5 Å². The summed E-state index contributed by atoms with van der Waals surface area (Å²) in [6.45, 7) is 21.7. The summed E-state index contributed by atoms with van der Waals surface area (Å²) in [5.74, 6) is 0. The van der Waals surface area contributed by atoms with Crippen LogP contribution in [0.1, 0.15) is 99.6 Å². The normalized spacial score (nSPS) is 28.8. The van der Waals surface area contributed by atoms with Gasteiger partial charge in [0.1, 0.15) is 11.2 Å². The third-order valence-corrected chi connectivity index (χ3v) is 9.40. The molecule has 1 aromatic carbocycles. The monoisotopic (exact) mass is 556 g/mol. The summed E-state index contributed by atoms with van der Waals surface area (Å²) in [5.41, 5.74) is 0.551. The Balaban J connectivity index is 0.000000201. The molecule has 5 rings (SSSR count).